The van der Waals surface area contributed by atoms with Gasteiger partial charge in [0, 0.05) is 13.0 Å². The molecule has 0 aromatic heterocycles. The molecule has 0 bridgehead atoms. The van der Waals surface area contributed by atoms with Crippen molar-refractivity contribution < 1.29 is 9.90 Å². The number of nitrogens with one attached hydrogen (secondary N) is 1. The molecule has 20 heavy (non-hydrogen) atoms. The van der Waals surface area contributed by atoms with Crippen LogP contribution in [0.3, 0.4) is 0 Å². The van der Waals surface area contributed by atoms with Crippen LogP contribution in [-0.4, -0.2) is 17.6 Å². The van der Waals surface area contributed by atoms with Gasteiger partial charge in [-0.3, -0.25) is 4.79 Å². The Kier molecular flexibility index (Phi) is 4.99. The Morgan fingerprint density at radius 2 is 2.10 bits per heavy atom. The first-order valence-electron chi connectivity index (χ1n) is 7.18. The van der Waals surface area contributed by atoms with Gasteiger partial charge in [0.25, 0.3) is 0 Å². The van der Waals surface area contributed by atoms with Crippen molar-refractivity contribution in [3.8, 4) is 5.75 Å². The molecule has 0 unspecified atom stereocenters. The predicted octanol–water partition coefficient (Wildman–Crippen LogP) is 3.39. The number of fused-ring (bicyclic) bond motifs is 1. The van der Waals surface area contributed by atoms with Crippen LogP contribution in [0, 0.1) is 0 Å². The summed E-state index contributed by atoms with van der Waals surface area (Å²) < 4.78 is 0. The molecule has 0 spiro atoms. The topological polar surface area (TPSA) is 49.3 Å². The van der Waals surface area contributed by atoms with Gasteiger partial charge >= 0.3 is 0 Å². The highest BCUT2D eigenvalue weighted by Crippen LogP contribution is 2.23. The Balaban J connectivity index is 1.99. The van der Waals surface area contributed by atoms with E-state index >= 15 is 0 Å². The Bertz CT molecular complexity index is 593. The van der Waals surface area contributed by atoms with Crippen LogP contribution in [0.4, 0.5) is 0 Å². The first kappa shape index (κ1) is 14.4. The molecule has 0 atom stereocenters. The van der Waals surface area contributed by atoms with Crippen LogP contribution >= 0.6 is 0 Å². The molecule has 0 aliphatic heterocycles. The number of hydrogen-bond acceptors (Lipinski definition) is 2. The number of carbonyl (C=O) groups excluding carboxylic acids is 1. The molecule has 0 fully saturated rings. The van der Waals surface area contributed by atoms with E-state index in [-0.39, 0.29) is 11.7 Å². The lowest BCUT2D eigenvalue weighted by atomic mass is 10.0. The molecule has 106 valence electrons. The van der Waals surface area contributed by atoms with E-state index in [0.29, 0.717) is 13.0 Å². The van der Waals surface area contributed by atoms with Gasteiger partial charge in [-0.05, 0) is 41.3 Å². The number of phenolic OH excluding ortho intramolecular Hbond substituents is 1. The van der Waals surface area contributed by atoms with Crippen LogP contribution in [0.5, 0.6) is 5.75 Å². The fraction of sp³-hybridized carbons (Fsp3) is 0.353. The maximum absolute atomic E-state index is 11.6. The number of amides is 1. The molecular formula is C17H21NO2. The lowest BCUT2D eigenvalue weighted by molar-refractivity contribution is -0.121. The van der Waals surface area contributed by atoms with Crippen molar-refractivity contribution in [1.29, 1.82) is 0 Å². The number of aromatic hydroxyl groups is 1. The number of hydrogen-bond donors (Lipinski definition) is 2. The Morgan fingerprint density at radius 3 is 2.90 bits per heavy atom. The lowest BCUT2D eigenvalue weighted by Crippen LogP contribution is -2.25. The molecule has 3 heteroatoms. The van der Waals surface area contributed by atoms with Crippen LogP contribution in [0.15, 0.2) is 36.4 Å². The third-order valence-electron chi connectivity index (χ3n) is 3.43. The molecule has 0 aliphatic carbocycles. The van der Waals surface area contributed by atoms with Crippen molar-refractivity contribution in [3.63, 3.8) is 0 Å². The average molecular weight is 271 g/mol. The molecule has 2 N–H and O–H groups in total. The molecule has 0 saturated carbocycles. The molecule has 2 aromatic carbocycles. The van der Waals surface area contributed by atoms with Crippen LogP contribution in [0.2, 0.25) is 0 Å². The first-order chi connectivity index (χ1) is 9.70. The van der Waals surface area contributed by atoms with Crippen molar-refractivity contribution >= 4 is 16.7 Å². The van der Waals surface area contributed by atoms with Gasteiger partial charge in [-0.25, -0.2) is 0 Å². The van der Waals surface area contributed by atoms with Gasteiger partial charge in [-0.2, -0.15) is 0 Å². The van der Waals surface area contributed by atoms with Crippen molar-refractivity contribution in [2.75, 3.05) is 6.54 Å². The zero-order valence-electron chi connectivity index (χ0n) is 11.9. The number of unbranched alkanes of at least 4 members (excludes halogenated alkanes) is 1. The summed E-state index contributed by atoms with van der Waals surface area (Å²) in [6.07, 6.45) is 3.36. The Hall–Kier alpha value is -2.03. The fourth-order valence-electron chi connectivity index (χ4n) is 2.31. The van der Waals surface area contributed by atoms with Gasteiger partial charge in [-0.15, -0.1) is 0 Å². The minimum Gasteiger partial charge on any atom is -0.508 e. The highest BCUT2D eigenvalue weighted by molar-refractivity contribution is 5.87. The smallest absolute Gasteiger partial charge is 0.220 e. The minimum absolute atomic E-state index is 0.120. The van der Waals surface area contributed by atoms with Crippen LogP contribution < -0.4 is 5.32 Å². The Labute approximate surface area is 119 Å². The fourth-order valence-corrected chi connectivity index (χ4v) is 2.31. The quantitative estimate of drug-likeness (QED) is 0.846. The summed E-state index contributed by atoms with van der Waals surface area (Å²) in [6.45, 7) is 2.72. The Morgan fingerprint density at radius 1 is 1.25 bits per heavy atom. The number of carbonyl (C=O) groups is 1. The molecule has 1 amide bonds. The zero-order valence-corrected chi connectivity index (χ0v) is 11.9. The van der Waals surface area contributed by atoms with E-state index in [1.54, 1.807) is 12.1 Å². The molecule has 0 radical (unpaired) electrons. The normalized spacial score (nSPS) is 10.7. The molecule has 0 saturated heterocycles. The monoisotopic (exact) mass is 271 g/mol. The second-order valence-electron chi connectivity index (χ2n) is 5.03. The van der Waals surface area contributed by atoms with E-state index in [1.165, 1.54) is 0 Å². The van der Waals surface area contributed by atoms with E-state index < -0.39 is 0 Å². The standard InChI is InChI=1S/C17H21NO2/c1-2-3-7-17(20)18-11-10-14-6-4-5-13-8-9-15(19)12-16(13)14/h4-6,8-9,12,19H,2-3,7,10-11H2,1H3,(H,18,20). The van der Waals surface area contributed by atoms with Crippen molar-refractivity contribution in [2.45, 2.75) is 32.6 Å². The van der Waals surface area contributed by atoms with E-state index in [4.69, 9.17) is 0 Å². The van der Waals surface area contributed by atoms with Crippen molar-refractivity contribution in [3.05, 3.63) is 42.0 Å². The molecule has 0 aliphatic rings. The maximum atomic E-state index is 11.6. The van der Waals surface area contributed by atoms with Crippen molar-refractivity contribution in [2.24, 2.45) is 0 Å². The van der Waals surface area contributed by atoms with E-state index in [1.807, 2.05) is 24.3 Å². The molecular weight excluding hydrogens is 250 g/mol. The van der Waals surface area contributed by atoms with Gasteiger partial charge in [-0.1, -0.05) is 37.6 Å². The largest absolute Gasteiger partial charge is 0.508 e. The van der Waals surface area contributed by atoms with Gasteiger partial charge in [0.2, 0.25) is 5.91 Å². The molecule has 3 nitrogen and oxygen atoms in total. The highest BCUT2D eigenvalue weighted by atomic mass is 16.3. The third-order valence-corrected chi connectivity index (χ3v) is 3.43. The van der Waals surface area contributed by atoms with E-state index in [2.05, 4.69) is 12.2 Å². The third kappa shape index (κ3) is 3.73. The number of benzene rings is 2. The summed E-state index contributed by atoms with van der Waals surface area (Å²) in [5, 5.41) is 14.7. The average Bonchev–Trinajstić information content (AvgIpc) is 2.45. The maximum Gasteiger partial charge on any atom is 0.220 e. The van der Waals surface area contributed by atoms with Crippen LogP contribution in [0.25, 0.3) is 10.8 Å². The van der Waals surface area contributed by atoms with Gasteiger partial charge < -0.3 is 10.4 Å². The first-order valence-corrected chi connectivity index (χ1v) is 7.18. The number of rotatable bonds is 6. The zero-order chi connectivity index (χ0) is 14.4. The molecule has 2 aromatic rings. The lowest BCUT2D eigenvalue weighted by Gasteiger charge is -2.08. The summed E-state index contributed by atoms with van der Waals surface area (Å²) in [6, 6.07) is 11.5. The van der Waals surface area contributed by atoms with Gasteiger partial charge in [0.15, 0.2) is 0 Å². The van der Waals surface area contributed by atoms with Gasteiger partial charge in [0.05, 0.1) is 0 Å². The molecule has 2 rings (SSSR count). The predicted molar refractivity (Wildman–Crippen MR) is 81.9 cm³/mol. The van der Waals surface area contributed by atoms with Crippen LogP contribution in [-0.2, 0) is 11.2 Å². The summed E-state index contributed by atoms with van der Waals surface area (Å²) in [7, 11) is 0. The van der Waals surface area contributed by atoms with E-state index in [0.717, 1.165) is 35.6 Å². The second-order valence-corrected chi connectivity index (χ2v) is 5.03. The summed E-state index contributed by atoms with van der Waals surface area (Å²) in [4.78, 5) is 11.6. The van der Waals surface area contributed by atoms with E-state index in [9.17, 15) is 9.90 Å². The van der Waals surface area contributed by atoms with Crippen LogP contribution in [0.1, 0.15) is 31.7 Å². The number of phenols is 1. The SMILES string of the molecule is CCCCC(=O)NCCc1cccc2ccc(O)cc12. The summed E-state index contributed by atoms with van der Waals surface area (Å²) in [5.41, 5.74) is 1.15. The minimum atomic E-state index is 0.120. The second kappa shape index (κ2) is 6.94. The summed E-state index contributed by atoms with van der Waals surface area (Å²) >= 11 is 0. The summed E-state index contributed by atoms with van der Waals surface area (Å²) in [5.74, 6) is 0.395. The highest BCUT2D eigenvalue weighted by Gasteiger charge is 2.04. The van der Waals surface area contributed by atoms with Gasteiger partial charge in [0.1, 0.15) is 5.75 Å². The molecule has 0 heterocycles. The van der Waals surface area contributed by atoms with Crippen molar-refractivity contribution in [1.82, 2.24) is 5.32 Å².